The Labute approximate surface area is 325 Å². The Morgan fingerprint density at radius 2 is 1.04 bits per heavy atom. The molecule has 0 bridgehead atoms. The summed E-state index contributed by atoms with van der Waals surface area (Å²) in [5.41, 5.74) is 0. The van der Waals surface area contributed by atoms with Gasteiger partial charge >= 0.3 is 11.9 Å². The molecule has 8 heteroatoms. The molecular formula is C45H79NO7. The standard InChI is InChI=1S/C45H79NO7/c1-6-8-10-12-14-16-18-20-21-22-24-26-28-30-32-34-36-44(48)53-41(39-51-38-37-42(45(49)50)46(3,4)5)40-52-43(47)35-33-31-29-27-25-23-19-17-15-13-11-9-7-2/h11,13,16-19,21-22,41-42H,6-10,12,14-15,20,23-40H2,1-5H3/b13-11-,18-16-,19-17-,22-21-. The van der Waals surface area contributed by atoms with Crippen LogP contribution in [0, 0.1) is 0 Å². The number of unbranched alkanes of at least 4 members (excludes halogenated alkanes) is 15. The van der Waals surface area contributed by atoms with E-state index in [1.165, 1.54) is 38.5 Å². The minimum Gasteiger partial charge on any atom is -0.544 e. The van der Waals surface area contributed by atoms with Crippen LogP contribution in [0.1, 0.15) is 168 Å². The fourth-order valence-electron chi connectivity index (χ4n) is 5.84. The van der Waals surface area contributed by atoms with Crippen molar-refractivity contribution in [3.05, 3.63) is 48.6 Å². The monoisotopic (exact) mass is 746 g/mol. The molecule has 0 aliphatic carbocycles. The lowest BCUT2D eigenvalue weighted by atomic mass is 10.1. The summed E-state index contributed by atoms with van der Waals surface area (Å²) in [6.07, 6.45) is 41.3. The van der Waals surface area contributed by atoms with E-state index in [1.54, 1.807) is 21.1 Å². The zero-order valence-electron chi connectivity index (χ0n) is 34.7. The maximum Gasteiger partial charge on any atom is 0.306 e. The molecule has 0 amide bonds. The summed E-state index contributed by atoms with van der Waals surface area (Å²) in [6.45, 7) is 4.54. The van der Waals surface area contributed by atoms with Gasteiger partial charge in [0.25, 0.3) is 0 Å². The van der Waals surface area contributed by atoms with Gasteiger partial charge < -0.3 is 28.6 Å². The zero-order chi connectivity index (χ0) is 39.3. The zero-order valence-corrected chi connectivity index (χ0v) is 34.7. The summed E-state index contributed by atoms with van der Waals surface area (Å²) in [5.74, 6) is -1.78. The number of ether oxygens (including phenoxy) is 3. The predicted molar refractivity (Wildman–Crippen MR) is 217 cm³/mol. The van der Waals surface area contributed by atoms with Crippen LogP contribution in [-0.4, -0.2) is 75.5 Å². The Morgan fingerprint density at radius 3 is 1.53 bits per heavy atom. The molecule has 0 heterocycles. The number of esters is 2. The fraction of sp³-hybridized carbons (Fsp3) is 0.756. The molecule has 0 N–H and O–H groups in total. The van der Waals surface area contributed by atoms with Crippen molar-refractivity contribution < 1.29 is 38.2 Å². The molecule has 0 aromatic heterocycles. The number of carbonyl (C=O) groups is 3. The van der Waals surface area contributed by atoms with E-state index in [0.29, 0.717) is 12.8 Å². The van der Waals surface area contributed by atoms with Crippen molar-refractivity contribution in [2.24, 2.45) is 0 Å². The van der Waals surface area contributed by atoms with E-state index in [1.807, 2.05) is 0 Å². The first-order valence-corrected chi connectivity index (χ1v) is 21.2. The molecule has 0 saturated carbocycles. The van der Waals surface area contributed by atoms with Crippen LogP contribution in [0.2, 0.25) is 0 Å². The number of carboxylic acid groups (broad SMARTS) is 1. The molecule has 0 spiro atoms. The van der Waals surface area contributed by atoms with Crippen LogP contribution in [0.25, 0.3) is 0 Å². The highest BCUT2D eigenvalue weighted by Crippen LogP contribution is 2.13. The number of carboxylic acids is 1. The van der Waals surface area contributed by atoms with E-state index < -0.39 is 18.1 Å². The average molecular weight is 746 g/mol. The molecule has 2 atom stereocenters. The molecule has 0 radical (unpaired) electrons. The summed E-state index contributed by atoms with van der Waals surface area (Å²) in [6, 6.07) is -0.730. The fourth-order valence-corrected chi connectivity index (χ4v) is 5.84. The van der Waals surface area contributed by atoms with E-state index in [0.717, 1.165) is 96.3 Å². The first-order valence-electron chi connectivity index (χ1n) is 21.2. The third kappa shape index (κ3) is 34.8. The van der Waals surface area contributed by atoms with Crippen molar-refractivity contribution in [2.75, 3.05) is 41.0 Å². The van der Waals surface area contributed by atoms with Gasteiger partial charge in [0.2, 0.25) is 0 Å². The number of likely N-dealkylation sites (N-methyl/N-ethyl adjacent to an activating group) is 1. The highest BCUT2D eigenvalue weighted by atomic mass is 16.6. The van der Waals surface area contributed by atoms with Crippen molar-refractivity contribution in [3.63, 3.8) is 0 Å². The number of rotatable bonds is 37. The summed E-state index contributed by atoms with van der Waals surface area (Å²) in [5, 5.41) is 11.6. The van der Waals surface area contributed by atoms with Gasteiger partial charge in [0, 0.05) is 19.3 Å². The molecule has 0 saturated heterocycles. The van der Waals surface area contributed by atoms with Gasteiger partial charge in [-0.3, -0.25) is 9.59 Å². The number of quaternary nitrogens is 1. The van der Waals surface area contributed by atoms with Crippen molar-refractivity contribution >= 4 is 17.9 Å². The van der Waals surface area contributed by atoms with E-state index in [-0.39, 0.29) is 42.7 Å². The highest BCUT2D eigenvalue weighted by molar-refractivity contribution is 5.70. The van der Waals surface area contributed by atoms with Crippen LogP contribution < -0.4 is 5.11 Å². The number of hydrogen-bond donors (Lipinski definition) is 0. The number of nitrogens with zero attached hydrogens (tertiary/aromatic N) is 1. The van der Waals surface area contributed by atoms with Gasteiger partial charge in [-0.25, -0.2) is 0 Å². The molecule has 8 nitrogen and oxygen atoms in total. The number of hydrogen-bond acceptors (Lipinski definition) is 7. The van der Waals surface area contributed by atoms with Gasteiger partial charge in [0.1, 0.15) is 12.6 Å². The molecule has 0 rings (SSSR count). The number of aliphatic carboxylic acids is 1. The molecule has 0 aromatic carbocycles. The molecule has 0 aromatic rings. The van der Waals surface area contributed by atoms with E-state index in [9.17, 15) is 19.5 Å². The summed E-state index contributed by atoms with van der Waals surface area (Å²) >= 11 is 0. The third-order valence-electron chi connectivity index (χ3n) is 9.17. The van der Waals surface area contributed by atoms with Crippen LogP contribution >= 0.6 is 0 Å². The SMILES string of the molecule is CCC/C=C\C/C=C\CCCCCCCC(=O)OCC(COCCC(C(=O)[O-])[N+](C)(C)C)OC(=O)CCCCCCC/C=C\C/C=C\CCCCCC. The smallest absolute Gasteiger partial charge is 0.306 e. The highest BCUT2D eigenvalue weighted by Gasteiger charge is 2.25. The molecule has 306 valence electrons. The topological polar surface area (TPSA) is 102 Å². The molecule has 0 aliphatic heterocycles. The second kappa shape index (κ2) is 36.3. The average Bonchev–Trinajstić information content (AvgIpc) is 3.11. The van der Waals surface area contributed by atoms with Gasteiger partial charge in [0.15, 0.2) is 6.10 Å². The first kappa shape index (κ1) is 50.3. The van der Waals surface area contributed by atoms with E-state index in [2.05, 4.69) is 62.5 Å². The summed E-state index contributed by atoms with van der Waals surface area (Å²) < 4.78 is 17.1. The number of allylic oxidation sites excluding steroid dienone is 8. The molecule has 2 unspecified atom stereocenters. The van der Waals surface area contributed by atoms with Gasteiger partial charge in [0.05, 0.1) is 40.3 Å². The Kier molecular flexibility index (Phi) is 34.4. The van der Waals surface area contributed by atoms with Crippen molar-refractivity contribution in [1.82, 2.24) is 0 Å². The predicted octanol–water partition coefficient (Wildman–Crippen LogP) is 9.91. The van der Waals surface area contributed by atoms with Crippen molar-refractivity contribution in [1.29, 1.82) is 0 Å². The maximum absolute atomic E-state index is 12.7. The normalized spacial score (nSPS) is 13.5. The van der Waals surface area contributed by atoms with Gasteiger partial charge in [-0.1, -0.05) is 127 Å². The second-order valence-corrected chi connectivity index (χ2v) is 15.2. The van der Waals surface area contributed by atoms with E-state index in [4.69, 9.17) is 14.2 Å². The maximum atomic E-state index is 12.7. The van der Waals surface area contributed by atoms with Crippen LogP contribution in [0.15, 0.2) is 48.6 Å². The van der Waals surface area contributed by atoms with Gasteiger partial charge in [-0.2, -0.15) is 0 Å². The third-order valence-corrected chi connectivity index (χ3v) is 9.17. The Hall–Kier alpha value is -2.71. The van der Waals surface area contributed by atoms with Crippen LogP contribution in [0.3, 0.4) is 0 Å². The minimum atomic E-state index is -1.13. The Bertz CT molecular complexity index is 1010. The number of carbonyl (C=O) groups excluding carboxylic acids is 3. The molecular weight excluding hydrogens is 666 g/mol. The molecule has 0 aliphatic rings. The Balaban J connectivity index is 4.42. The minimum absolute atomic E-state index is 0.0294. The lowest BCUT2D eigenvalue weighted by Gasteiger charge is -2.34. The van der Waals surface area contributed by atoms with Crippen LogP contribution in [0.4, 0.5) is 0 Å². The first-order chi connectivity index (χ1) is 25.6. The van der Waals surface area contributed by atoms with Crippen molar-refractivity contribution in [3.8, 4) is 0 Å². The van der Waals surface area contributed by atoms with Gasteiger partial charge in [-0.15, -0.1) is 0 Å². The lowest BCUT2D eigenvalue weighted by molar-refractivity contribution is -0.889. The molecule has 53 heavy (non-hydrogen) atoms. The Morgan fingerprint density at radius 1 is 0.566 bits per heavy atom. The molecule has 0 fully saturated rings. The van der Waals surface area contributed by atoms with Crippen LogP contribution in [-0.2, 0) is 28.6 Å². The quantitative estimate of drug-likeness (QED) is 0.0270. The van der Waals surface area contributed by atoms with Crippen molar-refractivity contribution in [2.45, 2.75) is 180 Å². The second-order valence-electron chi connectivity index (χ2n) is 15.2. The van der Waals surface area contributed by atoms with Crippen LogP contribution in [0.5, 0.6) is 0 Å². The largest absolute Gasteiger partial charge is 0.544 e. The van der Waals surface area contributed by atoms with Gasteiger partial charge in [-0.05, 0) is 70.6 Å². The van der Waals surface area contributed by atoms with E-state index >= 15 is 0 Å². The summed E-state index contributed by atoms with van der Waals surface area (Å²) in [7, 11) is 5.39. The lowest BCUT2D eigenvalue weighted by Crippen LogP contribution is -2.55. The summed E-state index contributed by atoms with van der Waals surface area (Å²) in [4.78, 5) is 36.8.